The highest BCUT2D eigenvalue weighted by Crippen LogP contribution is 2.32. The molecule has 0 bridgehead atoms. The minimum Gasteiger partial charge on any atom is -0.434 e. The SMILES string of the molecule is Fc1ccc(Oc2cnc3c(-c4ccccc4Cl)[nH]nc3n2)c(F)c1.NN.O=C(c1ccccc1Cl)c1ncc(Oc2ccc(F)cc2F)nc1Cl. The number of nitrogens with one attached hydrogen (secondary N) is 1. The Labute approximate surface area is 306 Å². The van der Waals surface area contributed by atoms with Gasteiger partial charge in [-0.2, -0.15) is 15.1 Å². The van der Waals surface area contributed by atoms with Crippen molar-refractivity contribution >= 4 is 51.7 Å². The van der Waals surface area contributed by atoms with E-state index in [1.807, 2.05) is 18.2 Å². The second-order valence-corrected chi connectivity index (χ2v) is 11.1. The molecule has 264 valence electrons. The van der Waals surface area contributed by atoms with Gasteiger partial charge in [0.1, 0.15) is 22.8 Å². The Morgan fingerprint density at radius 3 is 1.83 bits per heavy atom. The maximum absolute atomic E-state index is 13.7. The van der Waals surface area contributed by atoms with Crippen LogP contribution >= 0.6 is 34.8 Å². The first-order valence-corrected chi connectivity index (χ1v) is 15.6. The monoisotopic (exact) mass is 770 g/mol. The Kier molecular flexibility index (Phi) is 12.3. The number of aromatic nitrogens is 6. The van der Waals surface area contributed by atoms with Gasteiger partial charge in [0.25, 0.3) is 0 Å². The zero-order valence-corrected chi connectivity index (χ0v) is 28.3. The van der Waals surface area contributed by atoms with Crippen LogP contribution in [-0.4, -0.2) is 35.9 Å². The van der Waals surface area contributed by atoms with E-state index in [9.17, 15) is 22.4 Å². The van der Waals surface area contributed by atoms with Gasteiger partial charge in [0.15, 0.2) is 28.3 Å². The highest BCUT2D eigenvalue weighted by atomic mass is 35.5. The van der Waals surface area contributed by atoms with Crippen molar-refractivity contribution < 1.29 is 31.8 Å². The van der Waals surface area contributed by atoms with Crippen LogP contribution in [-0.2, 0) is 0 Å². The van der Waals surface area contributed by atoms with Crippen molar-refractivity contribution in [2.24, 2.45) is 11.7 Å². The molecular formula is C34H21Cl3F4N8O3. The standard InChI is InChI=1S/C17H8Cl2F2N2O2.C17H9ClF2N4O.H4N2/c18-11-4-2-1-3-10(11)16(24)15-17(19)23-14(8-22-15)25-13-6-5-9(20)7-12(13)21;18-11-4-2-1-3-10(11)15-16-17(24-23-15)22-14(8-21-16)25-13-6-5-9(19)7-12(13)20;1-2/h1-8H;1-8H,(H,22,23,24);1-2H2. The molecule has 0 saturated heterocycles. The molecule has 7 aromatic rings. The van der Waals surface area contributed by atoms with Crippen LogP contribution in [0.3, 0.4) is 0 Å². The Morgan fingerprint density at radius 1 is 0.692 bits per heavy atom. The summed E-state index contributed by atoms with van der Waals surface area (Å²) in [5, 5.41) is 7.49. The fourth-order valence-corrected chi connectivity index (χ4v) is 5.02. The summed E-state index contributed by atoms with van der Waals surface area (Å²) in [4.78, 5) is 28.7. The van der Waals surface area contributed by atoms with Crippen LogP contribution in [0.2, 0.25) is 15.2 Å². The topological polar surface area (TPSA) is 168 Å². The molecule has 0 aliphatic rings. The number of carbonyl (C=O) groups excluding carboxylic acids is 1. The van der Waals surface area contributed by atoms with Gasteiger partial charge in [-0.1, -0.05) is 65.1 Å². The number of fused-ring (bicyclic) bond motifs is 1. The summed E-state index contributed by atoms with van der Waals surface area (Å²) in [6.45, 7) is 0. The number of halogens is 7. The predicted molar refractivity (Wildman–Crippen MR) is 185 cm³/mol. The Bertz CT molecular complexity index is 2390. The average Bonchev–Trinajstić information content (AvgIpc) is 3.55. The van der Waals surface area contributed by atoms with E-state index in [1.54, 1.807) is 24.3 Å². The number of carbonyl (C=O) groups is 1. The molecule has 18 heteroatoms. The number of ether oxygens (including phenoxy) is 2. The van der Waals surface area contributed by atoms with Gasteiger partial charge in [0.2, 0.25) is 23.2 Å². The number of hydrazine groups is 1. The number of benzene rings is 4. The largest absolute Gasteiger partial charge is 0.434 e. The van der Waals surface area contributed by atoms with Gasteiger partial charge >= 0.3 is 0 Å². The number of nitrogens with two attached hydrogens (primary N) is 2. The molecule has 0 fully saturated rings. The third-order valence-corrected chi connectivity index (χ3v) is 7.57. The van der Waals surface area contributed by atoms with Crippen molar-refractivity contribution in [2.75, 3.05) is 0 Å². The lowest BCUT2D eigenvalue weighted by Crippen LogP contribution is -2.07. The summed E-state index contributed by atoms with van der Waals surface area (Å²) in [5.41, 5.74) is 2.24. The number of aromatic amines is 1. The summed E-state index contributed by atoms with van der Waals surface area (Å²) in [7, 11) is 0. The van der Waals surface area contributed by atoms with Crippen molar-refractivity contribution in [2.45, 2.75) is 0 Å². The summed E-state index contributed by atoms with van der Waals surface area (Å²) in [6, 6.07) is 19.5. The Morgan fingerprint density at radius 2 is 1.25 bits per heavy atom. The minimum atomic E-state index is -0.908. The first-order chi connectivity index (χ1) is 25.1. The van der Waals surface area contributed by atoms with Crippen LogP contribution in [0.4, 0.5) is 17.6 Å². The minimum absolute atomic E-state index is 0.0372. The number of H-pyrrole nitrogens is 1. The van der Waals surface area contributed by atoms with Crippen LogP contribution in [0.1, 0.15) is 16.1 Å². The molecule has 0 saturated carbocycles. The number of ketones is 1. The van der Waals surface area contributed by atoms with E-state index in [2.05, 4.69) is 41.8 Å². The van der Waals surface area contributed by atoms with Gasteiger partial charge in [-0.25, -0.2) is 27.5 Å². The van der Waals surface area contributed by atoms with E-state index in [-0.39, 0.29) is 50.3 Å². The molecule has 11 nitrogen and oxygen atoms in total. The summed E-state index contributed by atoms with van der Waals surface area (Å²) >= 11 is 18.2. The van der Waals surface area contributed by atoms with Gasteiger partial charge in [-0.15, -0.1) is 0 Å². The van der Waals surface area contributed by atoms with Gasteiger partial charge in [0.05, 0.1) is 28.1 Å². The van der Waals surface area contributed by atoms with E-state index in [4.69, 9.17) is 44.3 Å². The van der Waals surface area contributed by atoms with Crippen molar-refractivity contribution in [3.8, 4) is 34.5 Å². The molecule has 0 amide bonds. The normalized spacial score (nSPS) is 10.5. The molecule has 3 aromatic heterocycles. The van der Waals surface area contributed by atoms with Crippen molar-refractivity contribution in [1.29, 1.82) is 0 Å². The molecule has 7 rings (SSSR count). The van der Waals surface area contributed by atoms with Gasteiger partial charge in [0, 0.05) is 23.3 Å². The molecular weight excluding hydrogens is 751 g/mol. The quantitative estimate of drug-likeness (QED) is 0.0617. The Balaban J connectivity index is 0.000000192. The Hall–Kier alpha value is -5.71. The molecule has 0 aliphatic carbocycles. The molecule has 5 N–H and O–H groups in total. The van der Waals surface area contributed by atoms with Gasteiger partial charge in [-0.3, -0.25) is 21.6 Å². The molecule has 0 spiro atoms. The highest BCUT2D eigenvalue weighted by Gasteiger charge is 2.20. The van der Waals surface area contributed by atoms with Crippen LogP contribution in [0.15, 0.2) is 97.3 Å². The fourth-order valence-electron chi connectivity index (χ4n) is 4.35. The van der Waals surface area contributed by atoms with E-state index < -0.39 is 29.1 Å². The first-order valence-electron chi connectivity index (χ1n) is 14.4. The van der Waals surface area contributed by atoms with Crippen LogP contribution in [0.25, 0.3) is 22.4 Å². The maximum Gasteiger partial charge on any atom is 0.240 e. The van der Waals surface area contributed by atoms with Gasteiger partial charge < -0.3 is 9.47 Å². The highest BCUT2D eigenvalue weighted by molar-refractivity contribution is 6.37. The lowest BCUT2D eigenvalue weighted by Gasteiger charge is -2.08. The van der Waals surface area contributed by atoms with Gasteiger partial charge in [-0.05, 0) is 42.5 Å². The van der Waals surface area contributed by atoms with Crippen molar-refractivity contribution in [3.05, 3.63) is 147 Å². The smallest absolute Gasteiger partial charge is 0.240 e. The second kappa shape index (κ2) is 17.0. The molecule has 52 heavy (non-hydrogen) atoms. The molecule has 0 unspecified atom stereocenters. The third-order valence-electron chi connectivity index (χ3n) is 6.64. The molecule has 0 atom stereocenters. The lowest BCUT2D eigenvalue weighted by molar-refractivity contribution is 0.103. The van der Waals surface area contributed by atoms with E-state index >= 15 is 0 Å². The molecule has 0 aliphatic heterocycles. The first kappa shape index (κ1) is 37.5. The number of nitrogens with zero attached hydrogens (tertiary/aromatic N) is 5. The third kappa shape index (κ3) is 8.77. The average molecular weight is 772 g/mol. The number of hydrogen-bond donors (Lipinski definition) is 3. The maximum atomic E-state index is 13.7. The zero-order valence-electron chi connectivity index (χ0n) is 26.0. The molecule has 4 aromatic carbocycles. The fraction of sp³-hybridized carbons (Fsp3) is 0. The van der Waals surface area contributed by atoms with Crippen LogP contribution in [0, 0.1) is 23.3 Å². The number of rotatable bonds is 7. The lowest BCUT2D eigenvalue weighted by atomic mass is 10.1. The molecule has 0 radical (unpaired) electrons. The van der Waals surface area contributed by atoms with E-state index in [0.29, 0.717) is 22.3 Å². The van der Waals surface area contributed by atoms with E-state index in [1.165, 1.54) is 18.3 Å². The van der Waals surface area contributed by atoms with E-state index in [0.717, 1.165) is 36.0 Å². The summed E-state index contributed by atoms with van der Waals surface area (Å²) in [6.07, 6.45) is 2.44. The predicted octanol–water partition coefficient (Wildman–Crippen LogP) is 8.65. The second-order valence-electron chi connectivity index (χ2n) is 9.97. The summed E-state index contributed by atoms with van der Waals surface area (Å²) in [5.74, 6) is 3.80. The van der Waals surface area contributed by atoms with Crippen LogP contribution < -0.4 is 21.2 Å². The number of hydrogen-bond acceptors (Lipinski definition) is 10. The zero-order chi connectivity index (χ0) is 37.4. The van der Waals surface area contributed by atoms with Crippen molar-refractivity contribution in [3.63, 3.8) is 0 Å². The molecule has 3 heterocycles. The summed E-state index contributed by atoms with van der Waals surface area (Å²) < 4.78 is 63.6. The van der Waals surface area contributed by atoms with Crippen molar-refractivity contribution in [1.82, 2.24) is 30.1 Å². The van der Waals surface area contributed by atoms with Crippen LogP contribution in [0.5, 0.6) is 23.3 Å².